The van der Waals surface area contributed by atoms with E-state index in [1.54, 1.807) is 0 Å². The van der Waals surface area contributed by atoms with Crippen LogP contribution in [0.2, 0.25) is 0 Å². The summed E-state index contributed by atoms with van der Waals surface area (Å²) in [6.07, 6.45) is 4.01. The van der Waals surface area contributed by atoms with Gasteiger partial charge < -0.3 is 10.2 Å². The molecule has 0 radical (unpaired) electrons. The van der Waals surface area contributed by atoms with Gasteiger partial charge in [0, 0.05) is 44.0 Å². The minimum Gasteiger partial charge on any atom is -0.369 e. The number of nitrogens with one attached hydrogen (secondary N) is 1. The molecule has 102 valence electrons. The monoisotopic (exact) mass is 257 g/mol. The van der Waals surface area contributed by atoms with Crippen molar-refractivity contribution in [2.24, 2.45) is 0 Å². The zero-order valence-electron chi connectivity index (χ0n) is 11.5. The summed E-state index contributed by atoms with van der Waals surface area (Å²) in [6, 6.07) is 10.4. The predicted octanol–water partition coefficient (Wildman–Crippen LogP) is 1.49. The summed E-state index contributed by atoms with van der Waals surface area (Å²) >= 11 is 0. The molecule has 0 amide bonds. The maximum absolute atomic E-state index is 3.76. The highest BCUT2D eigenvalue weighted by Crippen LogP contribution is 2.28. The molecule has 0 aromatic heterocycles. The Bertz CT molecular complexity index is 459. The van der Waals surface area contributed by atoms with E-state index in [1.165, 1.54) is 63.2 Å². The van der Waals surface area contributed by atoms with Crippen molar-refractivity contribution in [2.45, 2.75) is 31.3 Å². The van der Waals surface area contributed by atoms with Gasteiger partial charge in [-0.25, -0.2) is 0 Å². The van der Waals surface area contributed by atoms with E-state index >= 15 is 0 Å². The second-order valence-electron chi connectivity index (χ2n) is 6.22. The first-order valence-electron chi connectivity index (χ1n) is 7.70. The molecule has 4 rings (SSSR count). The van der Waals surface area contributed by atoms with E-state index in [4.69, 9.17) is 0 Å². The fourth-order valence-electron chi connectivity index (χ4n) is 4.00. The maximum atomic E-state index is 3.76. The van der Waals surface area contributed by atoms with Gasteiger partial charge in [-0.1, -0.05) is 18.2 Å². The van der Waals surface area contributed by atoms with Crippen molar-refractivity contribution >= 4 is 5.69 Å². The average Bonchev–Trinajstić information content (AvgIpc) is 3.06. The van der Waals surface area contributed by atoms with Crippen LogP contribution >= 0.6 is 0 Å². The lowest BCUT2D eigenvalue weighted by molar-refractivity contribution is 0.175. The smallest absolute Gasteiger partial charge is 0.0400 e. The zero-order chi connectivity index (χ0) is 12.7. The molecular weight excluding hydrogens is 234 g/mol. The summed E-state index contributed by atoms with van der Waals surface area (Å²) in [5, 5.41) is 3.76. The van der Waals surface area contributed by atoms with Gasteiger partial charge in [-0.3, -0.25) is 4.90 Å². The predicted molar refractivity (Wildman–Crippen MR) is 78.7 cm³/mol. The molecule has 2 unspecified atom stereocenters. The molecular formula is C16H23N3. The largest absolute Gasteiger partial charge is 0.369 e. The number of hydrogen-bond donors (Lipinski definition) is 1. The molecule has 0 aliphatic carbocycles. The van der Waals surface area contributed by atoms with Crippen LogP contribution in [0.4, 0.5) is 5.69 Å². The van der Waals surface area contributed by atoms with Crippen LogP contribution in [0.1, 0.15) is 18.4 Å². The first-order valence-corrected chi connectivity index (χ1v) is 7.70. The molecule has 3 aliphatic heterocycles. The van der Waals surface area contributed by atoms with Crippen molar-refractivity contribution in [3.63, 3.8) is 0 Å². The van der Waals surface area contributed by atoms with Crippen molar-refractivity contribution in [3.05, 3.63) is 29.8 Å². The fraction of sp³-hybridized carbons (Fsp3) is 0.625. The molecule has 19 heavy (non-hydrogen) atoms. The zero-order valence-corrected chi connectivity index (χ0v) is 11.5. The Morgan fingerprint density at radius 2 is 2.16 bits per heavy atom. The van der Waals surface area contributed by atoms with E-state index in [0.29, 0.717) is 6.04 Å². The van der Waals surface area contributed by atoms with Gasteiger partial charge in [0.2, 0.25) is 0 Å². The van der Waals surface area contributed by atoms with Gasteiger partial charge in [0.25, 0.3) is 0 Å². The van der Waals surface area contributed by atoms with Crippen LogP contribution in [0.25, 0.3) is 0 Å². The van der Waals surface area contributed by atoms with Crippen molar-refractivity contribution in [1.82, 2.24) is 10.2 Å². The van der Waals surface area contributed by atoms with Crippen molar-refractivity contribution in [2.75, 3.05) is 37.6 Å². The van der Waals surface area contributed by atoms with Gasteiger partial charge in [0.1, 0.15) is 0 Å². The molecule has 0 saturated carbocycles. The second-order valence-corrected chi connectivity index (χ2v) is 6.22. The van der Waals surface area contributed by atoms with Crippen molar-refractivity contribution in [1.29, 1.82) is 0 Å². The molecule has 2 saturated heterocycles. The van der Waals surface area contributed by atoms with Gasteiger partial charge in [0.15, 0.2) is 0 Å². The Morgan fingerprint density at radius 3 is 3.16 bits per heavy atom. The highest BCUT2D eigenvalue weighted by atomic mass is 15.3. The maximum Gasteiger partial charge on any atom is 0.0400 e. The SMILES string of the molecule is c1ccc2c(c1)CCN2CC1CN2CCCC2CN1. The van der Waals surface area contributed by atoms with E-state index in [-0.39, 0.29) is 0 Å². The van der Waals surface area contributed by atoms with Crippen LogP contribution in [0.5, 0.6) is 0 Å². The number of hydrogen-bond acceptors (Lipinski definition) is 3. The number of nitrogens with zero attached hydrogens (tertiary/aromatic N) is 2. The molecule has 3 heterocycles. The van der Waals surface area contributed by atoms with E-state index in [9.17, 15) is 0 Å². The number of benzene rings is 1. The third kappa shape index (κ3) is 2.15. The molecule has 1 N–H and O–H groups in total. The Hall–Kier alpha value is -1.06. The molecule has 0 spiro atoms. The molecule has 3 heteroatoms. The Labute approximate surface area is 115 Å². The van der Waals surface area contributed by atoms with Crippen LogP contribution in [0, 0.1) is 0 Å². The normalized spacial score (nSPS) is 30.4. The lowest BCUT2D eigenvalue weighted by atomic mass is 10.1. The molecule has 3 nitrogen and oxygen atoms in total. The van der Waals surface area contributed by atoms with Crippen LogP contribution < -0.4 is 10.2 Å². The standard InChI is InChI=1S/C16H23N3/c1-2-6-16-13(4-1)7-9-19(16)12-14-11-18-8-3-5-15(18)10-17-14/h1-2,4,6,14-15,17H,3,5,7-12H2. The second kappa shape index (κ2) is 4.80. The number of piperazine rings is 1. The van der Waals surface area contributed by atoms with Crippen LogP contribution in [-0.2, 0) is 6.42 Å². The molecule has 3 aliphatic rings. The Kier molecular flexibility index (Phi) is 2.97. The summed E-state index contributed by atoms with van der Waals surface area (Å²) in [5.74, 6) is 0. The topological polar surface area (TPSA) is 18.5 Å². The van der Waals surface area contributed by atoms with Gasteiger partial charge in [-0.2, -0.15) is 0 Å². The molecule has 1 aromatic rings. The van der Waals surface area contributed by atoms with E-state index < -0.39 is 0 Å². The van der Waals surface area contributed by atoms with Gasteiger partial charge in [0.05, 0.1) is 0 Å². The number of para-hydroxylation sites is 1. The van der Waals surface area contributed by atoms with E-state index in [0.717, 1.165) is 6.04 Å². The summed E-state index contributed by atoms with van der Waals surface area (Å²) in [6.45, 7) is 6.12. The first-order chi connectivity index (χ1) is 9.40. The summed E-state index contributed by atoms with van der Waals surface area (Å²) < 4.78 is 0. The van der Waals surface area contributed by atoms with Crippen LogP contribution in [-0.4, -0.2) is 49.7 Å². The number of fused-ring (bicyclic) bond motifs is 2. The minimum atomic E-state index is 0.639. The number of anilines is 1. The van der Waals surface area contributed by atoms with Crippen LogP contribution in [0.15, 0.2) is 24.3 Å². The summed E-state index contributed by atoms with van der Waals surface area (Å²) in [7, 11) is 0. The Morgan fingerprint density at radius 1 is 1.21 bits per heavy atom. The van der Waals surface area contributed by atoms with Gasteiger partial charge >= 0.3 is 0 Å². The van der Waals surface area contributed by atoms with E-state index in [2.05, 4.69) is 39.4 Å². The molecule has 1 aromatic carbocycles. The summed E-state index contributed by atoms with van der Waals surface area (Å²) in [5.41, 5.74) is 2.99. The van der Waals surface area contributed by atoms with Gasteiger partial charge in [-0.05, 0) is 37.4 Å². The average molecular weight is 257 g/mol. The molecule has 2 fully saturated rings. The van der Waals surface area contributed by atoms with Crippen molar-refractivity contribution in [3.8, 4) is 0 Å². The van der Waals surface area contributed by atoms with E-state index in [1.807, 2.05) is 0 Å². The lowest BCUT2D eigenvalue weighted by Crippen LogP contribution is -2.57. The lowest BCUT2D eigenvalue weighted by Gasteiger charge is -2.38. The number of rotatable bonds is 2. The fourth-order valence-corrected chi connectivity index (χ4v) is 4.00. The molecule has 0 bridgehead atoms. The highest BCUT2D eigenvalue weighted by molar-refractivity contribution is 5.57. The third-order valence-corrected chi connectivity index (χ3v) is 5.02. The highest BCUT2D eigenvalue weighted by Gasteiger charge is 2.32. The quantitative estimate of drug-likeness (QED) is 0.866. The molecule has 2 atom stereocenters. The van der Waals surface area contributed by atoms with Crippen molar-refractivity contribution < 1.29 is 0 Å². The first kappa shape index (κ1) is 11.7. The summed E-state index contributed by atoms with van der Waals surface area (Å²) in [4.78, 5) is 5.27. The van der Waals surface area contributed by atoms with Gasteiger partial charge in [-0.15, -0.1) is 0 Å². The Balaban J connectivity index is 1.43. The minimum absolute atomic E-state index is 0.639. The third-order valence-electron chi connectivity index (χ3n) is 5.02. The van der Waals surface area contributed by atoms with Crippen LogP contribution in [0.3, 0.4) is 0 Å².